The van der Waals surface area contributed by atoms with E-state index in [1.165, 1.54) is 0 Å². The molecule has 1 rings (SSSR count). The predicted molar refractivity (Wildman–Crippen MR) is 72.1 cm³/mol. The number of carbonyl (C=O) groups is 1. The van der Waals surface area contributed by atoms with Gasteiger partial charge >= 0.3 is 0 Å². The van der Waals surface area contributed by atoms with Crippen molar-refractivity contribution in [3.05, 3.63) is 33.8 Å². The van der Waals surface area contributed by atoms with Gasteiger partial charge in [-0.15, -0.1) is 0 Å². The number of aliphatic hydroxyl groups excluding tert-OH is 1. The molecule has 0 saturated heterocycles. The number of amides is 1. The van der Waals surface area contributed by atoms with Crippen LogP contribution in [-0.2, 0) is 0 Å². The molecule has 0 heterocycles. The van der Waals surface area contributed by atoms with Crippen molar-refractivity contribution in [2.45, 2.75) is 26.8 Å². The second-order valence-electron chi connectivity index (χ2n) is 4.44. The Morgan fingerprint density at radius 1 is 1.41 bits per heavy atom. The van der Waals surface area contributed by atoms with E-state index in [4.69, 9.17) is 5.11 Å². The van der Waals surface area contributed by atoms with Crippen molar-refractivity contribution in [3.63, 3.8) is 0 Å². The molecule has 0 aromatic heterocycles. The molecule has 94 valence electrons. The summed E-state index contributed by atoms with van der Waals surface area (Å²) < 4.78 is 0.894. The lowest BCUT2D eigenvalue weighted by Gasteiger charge is -2.19. The van der Waals surface area contributed by atoms with Crippen LogP contribution in [0.2, 0.25) is 0 Å². The highest BCUT2D eigenvalue weighted by Gasteiger charge is 2.15. The Balaban J connectivity index is 2.76. The van der Waals surface area contributed by atoms with Gasteiger partial charge in [-0.05, 0) is 43.5 Å². The van der Waals surface area contributed by atoms with Crippen molar-refractivity contribution >= 4 is 21.8 Å². The lowest BCUT2D eigenvalue weighted by molar-refractivity contribution is 0.0916. The van der Waals surface area contributed by atoms with Gasteiger partial charge in [0, 0.05) is 22.7 Å². The number of halogens is 1. The molecule has 17 heavy (non-hydrogen) atoms. The van der Waals surface area contributed by atoms with Crippen LogP contribution < -0.4 is 5.32 Å². The zero-order chi connectivity index (χ0) is 13.0. The van der Waals surface area contributed by atoms with Crippen LogP contribution in [0.3, 0.4) is 0 Å². The molecule has 0 saturated carbocycles. The molecule has 1 aromatic carbocycles. The van der Waals surface area contributed by atoms with Crippen molar-refractivity contribution in [3.8, 4) is 0 Å². The van der Waals surface area contributed by atoms with Crippen LogP contribution in [0.1, 0.15) is 29.8 Å². The first-order valence-electron chi connectivity index (χ1n) is 5.63. The van der Waals surface area contributed by atoms with Gasteiger partial charge in [0.1, 0.15) is 0 Å². The summed E-state index contributed by atoms with van der Waals surface area (Å²) >= 11 is 3.37. The Morgan fingerprint density at radius 3 is 2.59 bits per heavy atom. The third kappa shape index (κ3) is 4.13. The molecule has 2 N–H and O–H groups in total. The smallest absolute Gasteiger partial charge is 0.251 e. The molecule has 1 amide bonds. The van der Waals surface area contributed by atoms with E-state index < -0.39 is 0 Å². The zero-order valence-electron chi connectivity index (χ0n) is 10.3. The molecule has 0 radical (unpaired) electrons. The number of rotatable bonds is 4. The Hall–Kier alpha value is -0.870. The van der Waals surface area contributed by atoms with Crippen LogP contribution in [-0.4, -0.2) is 23.7 Å². The molecule has 0 bridgehead atoms. The summed E-state index contributed by atoms with van der Waals surface area (Å²) in [6.45, 7) is 5.81. The highest BCUT2D eigenvalue weighted by Crippen LogP contribution is 2.15. The Bertz CT molecular complexity index is 386. The van der Waals surface area contributed by atoms with E-state index in [0.29, 0.717) is 5.56 Å². The predicted octanol–water partition coefficient (Wildman–Crippen LogP) is 2.50. The average Bonchev–Trinajstić information content (AvgIpc) is 2.26. The van der Waals surface area contributed by atoms with E-state index >= 15 is 0 Å². The molecular formula is C13H18BrNO2. The lowest BCUT2D eigenvalue weighted by Crippen LogP contribution is -2.38. The molecule has 0 unspecified atom stereocenters. The van der Waals surface area contributed by atoms with Gasteiger partial charge in [-0.2, -0.15) is 0 Å². The maximum Gasteiger partial charge on any atom is 0.251 e. The number of hydrogen-bond acceptors (Lipinski definition) is 2. The van der Waals surface area contributed by atoms with Gasteiger partial charge in [0.2, 0.25) is 0 Å². The van der Waals surface area contributed by atoms with Gasteiger partial charge in [0.05, 0.1) is 0 Å². The van der Waals surface area contributed by atoms with Crippen molar-refractivity contribution < 1.29 is 9.90 Å². The minimum Gasteiger partial charge on any atom is -0.396 e. The van der Waals surface area contributed by atoms with Gasteiger partial charge in [0.15, 0.2) is 0 Å². The van der Waals surface area contributed by atoms with E-state index in [2.05, 4.69) is 21.2 Å². The number of hydrogen-bond donors (Lipinski definition) is 2. The summed E-state index contributed by atoms with van der Waals surface area (Å²) in [5.41, 5.74) is 1.67. The quantitative estimate of drug-likeness (QED) is 0.897. The van der Waals surface area contributed by atoms with Crippen LogP contribution in [0, 0.1) is 12.8 Å². The van der Waals surface area contributed by atoms with Crippen LogP contribution in [0.25, 0.3) is 0 Å². The van der Waals surface area contributed by atoms with Gasteiger partial charge in [-0.25, -0.2) is 0 Å². The highest BCUT2D eigenvalue weighted by atomic mass is 79.9. The van der Waals surface area contributed by atoms with E-state index in [-0.39, 0.29) is 24.5 Å². The van der Waals surface area contributed by atoms with Crippen molar-refractivity contribution in [2.75, 3.05) is 6.61 Å². The zero-order valence-corrected chi connectivity index (χ0v) is 11.9. The SMILES string of the molecule is Cc1cc(Br)cc(C(=O)N[C@H](C)[C@@H](C)CO)c1. The standard InChI is InChI=1S/C13H18BrNO2/c1-8-4-11(6-12(14)5-8)13(17)15-10(3)9(2)7-16/h4-6,9-10,16H,7H2,1-3H3,(H,15,17)/t9-,10+/m0/s1. The number of benzene rings is 1. The summed E-state index contributed by atoms with van der Waals surface area (Å²) in [4.78, 5) is 12.0. The fourth-order valence-electron chi connectivity index (χ4n) is 1.46. The maximum atomic E-state index is 12.0. The Kier molecular flexibility index (Phi) is 5.15. The van der Waals surface area contributed by atoms with Gasteiger partial charge < -0.3 is 10.4 Å². The normalized spacial score (nSPS) is 14.2. The molecule has 0 aliphatic carbocycles. The van der Waals surface area contributed by atoms with Crippen molar-refractivity contribution in [1.29, 1.82) is 0 Å². The minimum atomic E-state index is -0.109. The van der Waals surface area contributed by atoms with E-state index in [0.717, 1.165) is 10.0 Å². The Morgan fingerprint density at radius 2 is 2.06 bits per heavy atom. The third-order valence-electron chi connectivity index (χ3n) is 2.80. The molecule has 0 fully saturated rings. The average molecular weight is 300 g/mol. The topological polar surface area (TPSA) is 49.3 Å². The number of nitrogens with one attached hydrogen (secondary N) is 1. The highest BCUT2D eigenvalue weighted by molar-refractivity contribution is 9.10. The van der Waals surface area contributed by atoms with Crippen molar-refractivity contribution in [1.82, 2.24) is 5.32 Å². The molecule has 4 heteroatoms. The maximum absolute atomic E-state index is 12.0. The first-order chi connectivity index (χ1) is 7.93. The first kappa shape index (κ1) is 14.2. The second kappa shape index (κ2) is 6.17. The van der Waals surface area contributed by atoms with Gasteiger partial charge in [-0.1, -0.05) is 22.9 Å². The van der Waals surface area contributed by atoms with E-state index in [1.807, 2.05) is 32.9 Å². The monoisotopic (exact) mass is 299 g/mol. The molecule has 0 aliphatic rings. The van der Waals surface area contributed by atoms with E-state index in [1.54, 1.807) is 6.07 Å². The lowest BCUT2D eigenvalue weighted by atomic mass is 10.0. The minimum absolute atomic E-state index is 0.0483. The third-order valence-corrected chi connectivity index (χ3v) is 3.26. The van der Waals surface area contributed by atoms with Crippen LogP contribution in [0.4, 0.5) is 0 Å². The molecule has 3 nitrogen and oxygen atoms in total. The summed E-state index contributed by atoms with van der Waals surface area (Å²) in [5.74, 6) is -0.0607. The molecule has 0 aliphatic heterocycles. The summed E-state index contributed by atoms with van der Waals surface area (Å²) in [7, 11) is 0. The molecule has 1 aromatic rings. The molecule has 2 atom stereocenters. The number of carbonyl (C=O) groups excluding carboxylic acids is 1. The van der Waals surface area contributed by atoms with Crippen molar-refractivity contribution in [2.24, 2.45) is 5.92 Å². The molecule has 0 spiro atoms. The Labute approximate surface area is 110 Å². The first-order valence-corrected chi connectivity index (χ1v) is 6.42. The largest absolute Gasteiger partial charge is 0.396 e. The summed E-state index contributed by atoms with van der Waals surface area (Å²) in [5, 5.41) is 11.9. The fourth-order valence-corrected chi connectivity index (χ4v) is 2.07. The van der Waals surface area contributed by atoms with Crippen LogP contribution in [0.5, 0.6) is 0 Å². The van der Waals surface area contributed by atoms with Crippen LogP contribution >= 0.6 is 15.9 Å². The molecular weight excluding hydrogens is 282 g/mol. The number of aryl methyl sites for hydroxylation is 1. The summed E-state index contributed by atoms with van der Waals surface area (Å²) in [6, 6.07) is 5.54. The van der Waals surface area contributed by atoms with E-state index in [9.17, 15) is 4.79 Å². The fraction of sp³-hybridized carbons (Fsp3) is 0.462. The second-order valence-corrected chi connectivity index (χ2v) is 5.35. The number of aliphatic hydroxyl groups is 1. The van der Waals surface area contributed by atoms with Gasteiger partial charge in [-0.3, -0.25) is 4.79 Å². The van der Waals surface area contributed by atoms with Gasteiger partial charge in [0.25, 0.3) is 5.91 Å². The van der Waals surface area contributed by atoms with Crippen LogP contribution in [0.15, 0.2) is 22.7 Å². The summed E-state index contributed by atoms with van der Waals surface area (Å²) in [6.07, 6.45) is 0.